The maximum Gasteiger partial charge on any atom is 0.0702 e. The molecule has 2 fully saturated rings. The third-order valence-electron chi connectivity index (χ3n) is 4.34. The van der Waals surface area contributed by atoms with Crippen LogP contribution in [-0.4, -0.2) is 42.2 Å². The van der Waals surface area contributed by atoms with Gasteiger partial charge in [-0.3, -0.25) is 4.90 Å². The van der Waals surface area contributed by atoms with Crippen LogP contribution >= 0.6 is 0 Å². The zero-order valence-corrected chi connectivity index (χ0v) is 10.9. The van der Waals surface area contributed by atoms with Crippen molar-refractivity contribution in [3.8, 4) is 0 Å². The highest BCUT2D eigenvalue weighted by atomic mass is 16.3. The van der Waals surface area contributed by atoms with E-state index < -0.39 is 0 Å². The van der Waals surface area contributed by atoms with Gasteiger partial charge in [0.2, 0.25) is 0 Å². The molecule has 1 aromatic rings. The molecular formula is C15H22N2O. The van der Waals surface area contributed by atoms with Gasteiger partial charge < -0.3 is 10.0 Å². The maximum atomic E-state index is 9.44. The Bertz CT molecular complexity index is 407. The first-order valence-corrected chi connectivity index (χ1v) is 7.06. The molecular weight excluding hydrogens is 224 g/mol. The molecule has 3 heteroatoms. The fourth-order valence-corrected chi connectivity index (χ4v) is 3.33. The smallest absolute Gasteiger partial charge is 0.0702 e. The molecule has 3 rings (SSSR count). The molecule has 1 aromatic carbocycles. The Hall–Kier alpha value is -1.06. The van der Waals surface area contributed by atoms with Crippen molar-refractivity contribution in [3.05, 3.63) is 29.8 Å². The number of hydrogen-bond donors (Lipinski definition) is 1. The van der Waals surface area contributed by atoms with Gasteiger partial charge in [0.1, 0.15) is 0 Å². The SMILES string of the molecule is OCc1ccccc1N1CCN2CCCCC2C1. The van der Waals surface area contributed by atoms with E-state index in [2.05, 4.69) is 21.9 Å². The molecule has 1 unspecified atom stereocenters. The Kier molecular flexibility index (Phi) is 3.52. The number of piperidine rings is 1. The summed E-state index contributed by atoms with van der Waals surface area (Å²) in [5.74, 6) is 0. The minimum Gasteiger partial charge on any atom is -0.392 e. The highest BCUT2D eigenvalue weighted by molar-refractivity contribution is 5.54. The summed E-state index contributed by atoms with van der Waals surface area (Å²) in [6.07, 6.45) is 4.07. The summed E-state index contributed by atoms with van der Waals surface area (Å²) in [5, 5.41) is 9.44. The van der Waals surface area contributed by atoms with Crippen LogP contribution < -0.4 is 4.90 Å². The van der Waals surface area contributed by atoms with E-state index in [1.807, 2.05) is 12.1 Å². The average molecular weight is 246 g/mol. The molecule has 1 atom stereocenters. The van der Waals surface area contributed by atoms with Crippen molar-refractivity contribution in [3.63, 3.8) is 0 Å². The van der Waals surface area contributed by atoms with Crippen LogP contribution in [0.25, 0.3) is 0 Å². The molecule has 98 valence electrons. The number of rotatable bonds is 2. The molecule has 0 aliphatic carbocycles. The van der Waals surface area contributed by atoms with Gasteiger partial charge in [0.05, 0.1) is 6.61 Å². The lowest BCUT2D eigenvalue weighted by atomic mass is 9.98. The van der Waals surface area contributed by atoms with Crippen molar-refractivity contribution in [2.45, 2.75) is 31.9 Å². The van der Waals surface area contributed by atoms with E-state index in [1.165, 1.54) is 38.0 Å². The van der Waals surface area contributed by atoms with Gasteiger partial charge in [-0.25, -0.2) is 0 Å². The monoisotopic (exact) mass is 246 g/mol. The minimum atomic E-state index is 0.140. The van der Waals surface area contributed by atoms with Crippen LogP contribution in [0.4, 0.5) is 5.69 Å². The van der Waals surface area contributed by atoms with Gasteiger partial charge in [-0.1, -0.05) is 24.6 Å². The van der Waals surface area contributed by atoms with Gasteiger partial charge in [0, 0.05) is 36.9 Å². The Labute approximate surface area is 109 Å². The molecule has 0 spiro atoms. The number of anilines is 1. The second-order valence-corrected chi connectivity index (χ2v) is 5.42. The van der Waals surface area contributed by atoms with E-state index in [0.29, 0.717) is 0 Å². The number of fused-ring (bicyclic) bond motifs is 1. The molecule has 0 bridgehead atoms. The Morgan fingerprint density at radius 2 is 2.00 bits per heavy atom. The van der Waals surface area contributed by atoms with Gasteiger partial charge in [-0.2, -0.15) is 0 Å². The zero-order chi connectivity index (χ0) is 12.4. The summed E-state index contributed by atoms with van der Waals surface area (Å²) >= 11 is 0. The molecule has 2 aliphatic rings. The second kappa shape index (κ2) is 5.29. The van der Waals surface area contributed by atoms with Gasteiger partial charge in [-0.05, 0) is 25.5 Å². The minimum absolute atomic E-state index is 0.140. The lowest BCUT2D eigenvalue weighted by Crippen LogP contribution is -2.55. The number of benzene rings is 1. The van der Waals surface area contributed by atoms with Crippen molar-refractivity contribution in [2.75, 3.05) is 31.1 Å². The van der Waals surface area contributed by atoms with E-state index in [0.717, 1.165) is 24.7 Å². The van der Waals surface area contributed by atoms with Crippen LogP contribution in [0, 0.1) is 0 Å². The summed E-state index contributed by atoms with van der Waals surface area (Å²) in [7, 11) is 0. The summed E-state index contributed by atoms with van der Waals surface area (Å²) in [5.41, 5.74) is 2.28. The first-order chi connectivity index (χ1) is 8.88. The third-order valence-corrected chi connectivity index (χ3v) is 4.34. The molecule has 2 heterocycles. The van der Waals surface area contributed by atoms with E-state index in [-0.39, 0.29) is 6.61 Å². The number of para-hydroxylation sites is 1. The lowest BCUT2D eigenvalue weighted by molar-refractivity contribution is 0.133. The van der Waals surface area contributed by atoms with Gasteiger partial charge >= 0.3 is 0 Å². The zero-order valence-electron chi connectivity index (χ0n) is 10.9. The van der Waals surface area contributed by atoms with Gasteiger partial charge in [0.25, 0.3) is 0 Å². The summed E-state index contributed by atoms with van der Waals surface area (Å²) in [6.45, 7) is 4.80. The molecule has 0 amide bonds. The molecule has 1 N–H and O–H groups in total. The lowest BCUT2D eigenvalue weighted by Gasteiger charge is -2.45. The van der Waals surface area contributed by atoms with Crippen LogP contribution in [0.3, 0.4) is 0 Å². The molecule has 18 heavy (non-hydrogen) atoms. The molecule has 2 aliphatic heterocycles. The molecule has 2 saturated heterocycles. The third kappa shape index (κ3) is 2.25. The fraction of sp³-hybridized carbons (Fsp3) is 0.600. The van der Waals surface area contributed by atoms with Crippen LogP contribution in [0.2, 0.25) is 0 Å². The number of nitrogens with zero attached hydrogens (tertiary/aromatic N) is 2. The summed E-state index contributed by atoms with van der Waals surface area (Å²) < 4.78 is 0. The quantitative estimate of drug-likeness (QED) is 0.863. The topological polar surface area (TPSA) is 26.7 Å². The van der Waals surface area contributed by atoms with Crippen molar-refractivity contribution in [2.24, 2.45) is 0 Å². The van der Waals surface area contributed by atoms with Gasteiger partial charge in [-0.15, -0.1) is 0 Å². The summed E-state index contributed by atoms with van der Waals surface area (Å²) in [6, 6.07) is 8.97. The molecule has 0 saturated carbocycles. The van der Waals surface area contributed by atoms with Crippen molar-refractivity contribution in [1.82, 2.24) is 4.90 Å². The van der Waals surface area contributed by atoms with Crippen molar-refractivity contribution < 1.29 is 5.11 Å². The highest BCUT2D eigenvalue weighted by Crippen LogP contribution is 2.27. The maximum absolute atomic E-state index is 9.44. The Morgan fingerprint density at radius 1 is 1.11 bits per heavy atom. The first kappa shape index (κ1) is 12.0. The first-order valence-electron chi connectivity index (χ1n) is 7.06. The molecule has 0 radical (unpaired) electrons. The fourth-order valence-electron chi connectivity index (χ4n) is 3.33. The molecule has 0 aromatic heterocycles. The number of aliphatic hydroxyl groups excluding tert-OH is 1. The number of hydrogen-bond acceptors (Lipinski definition) is 3. The van der Waals surface area contributed by atoms with Crippen molar-refractivity contribution in [1.29, 1.82) is 0 Å². The van der Waals surface area contributed by atoms with E-state index >= 15 is 0 Å². The van der Waals surface area contributed by atoms with Gasteiger partial charge in [0.15, 0.2) is 0 Å². The van der Waals surface area contributed by atoms with Crippen LogP contribution in [0.1, 0.15) is 24.8 Å². The van der Waals surface area contributed by atoms with E-state index in [9.17, 15) is 5.11 Å². The normalized spacial score (nSPS) is 24.9. The highest BCUT2D eigenvalue weighted by Gasteiger charge is 2.29. The van der Waals surface area contributed by atoms with Crippen LogP contribution in [0.5, 0.6) is 0 Å². The Morgan fingerprint density at radius 3 is 2.89 bits per heavy atom. The average Bonchev–Trinajstić information content (AvgIpc) is 2.46. The van der Waals surface area contributed by atoms with Crippen molar-refractivity contribution >= 4 is 5.69 Å². The predicted molar refractivity (Wildman–Crippen MR) is 73.8 cm³/mol. The van der Waals surface area contributed by atoms with Crippen LogP contribution in [-0.2, 0) is 6.61 Å². The number of piperazine rings is 1. The van der Waals surface area contributed by atoms with Crippen LogP contribution in [0.15, 0.2) is 24.3 Å². The number of aliphatic hydroxyl groups is 1. The molecule has 3 nitrogen and oxygen atoms in total. The largest absolute Gasteiger partial charge is 0.392 e. The Balaban J connectivity index is 1.77. The second-order valence-electron chi connectivity index (χ2n) is 5.42. The predicted octanol–water partition coefficient (Wildman–Crippen LogP) is 1.85. The summed E-state index contributed by atoms with van der Waals surface area (Å²) in [4.78, 5) is 5.10. The van der Waals surface area contributed by atoms with E-state index in [4.69, 9.17) is 0 Å². The van der Waals surface area contributed by atoms with E-state index in [1.54, 1.807) is 0 Å². The standard InChI is InChI=1S/C15H22N2O/c18-12-13-5-1-2-7-15(13)17-10-9-16-8-4-3-6-14(16)11-17/h1-2,5,7,14,18H,3-4,6,8-12H2.